The number of pyridine rings is 1. The van der Waals surface area contributed by atoms with E-state index in [1.165, 1.54) is 11.3 Å². The first kappa shape index (κ1) is 15.7. The fourth-order valence-corrected chi connectivity index (χ4v) is 3.07. The molecule has 25 heavy (non-hydrogen) atoms. The summed E-state index contributed by atoms with van der Waals surface area (Å²) in [6.45, 7) is 3.72. The maximum Gasteiger partial charge on any atom is 0.222 e. The molecule has 5 nitrogen and oxygen atoms in total. The summed E-state index contributed by atoms with van der Waals surface area (Å²) in [7, 11) is 0. The number of hydrogen-bond acceptors (Lipinski definition) is 5. The SMILES string of the molecule is c1ccc(CNc2ncc(CN3CC(c4ccccn4)C3)cn2)cc1. The Morgan fingerprint density at radius 2 is 1.64 bits per heavy atom. The van der Waals surface area contributed by atoms with Crippen LogP contribution in [-0.2, 0) is 13.1 Å². The molecule has 0 aliphatic carbocycles. The quantitative estimate of drug-likeness (QED) is 0.752. The normalized spacial score (nSPS) is 14.9. The van der Waals surface area contributed by atoms with Gasteiger partial charge >= 0.3 is 0 Å². The average Bonchev–Trinajstić information content (AvgIpc) is 2.65. The van der Waals surface area contributed by atoms with Crippen LogP contribution in [-0.4, -0.2) is 32.9 Å². The maximum absolute atomic E-state index is 4.44. The van der Waals surface area contributed by atoms with Crippen molar-refractivity contribution in [2.75, 3.05) is 18.4 Å². The van der Waals surface area contributed by atoms with Crippen molar-refractivity contribution < 1.29 is 0 Å². The third kappa shape index (κ3) is 4.00. The number of likely N-dealkylation sites (tertiary alicyclic amines) is 1. The third-order valence-corrected chi connectivity index (χ3v) is 4.47. The number of aromatic nitrogens is 3. The molecule has 0 amide bonds. The van der Waals surface area contributed by atoms with E-state index in [1.54, 1.807) is 0 Å². The van der Waals surface area contributed by atoms with E-state index in [0.717, 1.165) is 31.7 Å². The molecule has 5 heteroatoms. The first-order valence-electron chi connectivity index (χ1n) is 8.59. The molecule has 1 fully saturated rings. The summed E-state index contributed by atoms with van der Waals surface area (Å²) in [6.07, 6.45) is 5.69. The number of hydrogen-bond donors (Lipinski definition) is 1. The summed E-state index contributed by atoms with van der Waals surface area (Å²) in [5.74, 6) is 1.22. The van der Waals surface area contributed by atoms with Crippen molar-refractivity contribution in [3.63, 3.8) is 0 Å². The number of benzene rings is 1. The zero-order valence-electron chi connectivity index (χ0n) is 14.0. The van der Waals surface area contributed by atoms with Crippen molar-refractivity contribution in [2.45, 2.75) is 19.0 Å². The Labute approximate surface area is 147 Å². The Balaban J connectivity index is 1.26. The molecule has 1 N–H and O–H groups in total. The van der Waals surface area contributed by atoms with E-state index in [9.17, 15) is 0 Å². The summed E-state index contributed by atoms with van der Waals surface area (Å²) in [4.78, 5) is 15.7. The number of nitrogens with zero attached hydrogens (tertiary/aromatic N) is 4. The standard InChI is InChI=1S/C20H21N5/c1-2-6-16(7-3-1)10-22-20-23-11-17(12-24-20)13-25-14-18(15-25)19-8-4-5-9-21-19/h1-9,11-12,18H,10,13-15H2,(H,22,23,24). The molecular weight excluding hydrogens is 310 g/mol. The largest absolute Gasteiger partial charge is 0.350 e. The van der Waals surface area contributed by atoms with Crippen LogP contribution in [0.15, 0.2) is 67.1 Å². The van der Waals surface area contributed by atoms with Crippen LogP contribution < -0.4 is 5.32 Å². The summed E-state index contributed by atoms with van der Waals surface area (Å²) in [5, 5.41) is 3.25. The monoisotopic (exact) mass is 331 g/mol. The maximum atomic E-state index is 4.44. The Kier molecular flexibility index (Phi) is 4.65. The van der Waals surface area contributed by atoms with Crippen LogP contribution in [0.3, 0.4) is 0 Å². The van der Waals surface area contributed by atoms with Gasteiger partial charge in [-0.05, 0) is 17.7 Å². The highest BCUT2D eigenvalue weighted by molar-refractivity contribution is 5.28. The van der Waals surface area contributed by atoms with Crippen LogP contribution in [0.5, 0.6) is 0 Å². The van der Waals surface area contributed by atoms with Gasteiger partial charge in [0.2, 0.25) is 5.95 Å². The van der Waals surface area contributed by atoms with Crippen LogP contribution in [0.1, 0.15) is 22.7 Å². The lowest BCUT2D eigenvalue weighted by Crippen LogP contribution is -2.44. The van der Waals surface area contributed by atoms with Crippen molar-refractivity contribution in [3.8, 4) is 0 Å². The van der Waals surface area contributed by atoms with Crippen LogP contribution in [0.4, 0.5) is 5.95 Å². The molecular formula is C20H21N5. The van der Waals surface area contributed by atoms with Gasteiger partial charge in [-0.15, -0.1) is 0 Å². The summed E-state index contributed by atoms with van der Waals surface area (Å²) < 4.78 is 0. The van der Waals surface area contributed by atoms with E-state index in [1.807, 2.05) is 42.9 Å². The van der Waals surface area contributed by atoms with Crippen molar-refractivity contribution in [2.24, 2.45) is 0 Å². The molecule has 1 saturated heterocycles. The van der Waals surface area contributed by atoms with Gasteiger partial charge in [-0.3, -0.25) is 9.88 Å². The van der Waals surface area contributed by atoms with E-state index < -0.39 is 0 Å². The second kappa shape index (κ2) is 7.40. The van der Waals surface area contributed by atoms with Gasteiger partial charge in [0.15, 0.2) is 0 Å². The van der Waals surface area contributed by atoms with E-state index in [4.69, 9.17) is 0 Å². The number of nitrogens with one attached hydrogen (secondary N) is 1. The van der Waals surface area contributed by atoms with E-state index in [2.05, 4.69) is 49.4 Å². The molecule has 2 aromatic heterocycles. The lowest BCUT2D eigenvalue weighted by molar-refractivity contribution is 0.137. The minimum Gasteiger partial charge on any atom is -0.350 e. The van der Waals surface area contributed by atoms with Gasteiger partial charge in [0, 0.05) is 61.9 Å². The van der Waals surface area contributed by atoms with Gasteiger partial charge in [-0.1, -0.05) is 36.4 Å². The fraction of sp³-hybridized carbons (Fsp3) is 0.250. The summed E-state index contributed by atoms with van der Waals surface area (Å²) >= 11 is 0. The molecule has 3 heterocycles. The first-order valence-corrected chi connectivity index (χ1v) is 8.59. The molecule has 3 aromatic rings. The van der Waals surface area contributed by atoms with Crippen molar-refractivity contribution >= 4 is 5.95 Å². The molecule has 126 valence electrons. The Bertz CT molecular complexity index is 783. The molecule has 0 unspecified atom stereocenters. The lowest BCUT2D eigenvalue weighted by atomic mass is 9.95. The Hall–Kier alpha value is -2.79. The van der Waals surface area contributed by atoms with Gasteiger partial charge in [-0.25, -0.2) is 9.97 Å². The second-order valence-electron chi connectivity index (χ2n) is 6.40. The molecule has 1 aliphatic rings. The first-order chi connectivity index (χ1) is 12.4. The van der Waals surface area contributed by atoms with Crippen molar-refractivity contribution in [1.29, 1.82) is 0 Å². The lowest BCUT2D eigenvalue weighted by Gasteiger charge is -2.38. The molecule has 0 spiro atoms. The number of rotatable bonds is 6. The molecule has 1 aromatic carbocycles. The van der Waals surface area contributed by atoms with Gasteiger partial charge in [0.05, 0.1) is 0 Å². The Morgan fingerprint density at radius 1 is 0.880 bits per heavy atom. The van der Waals surface area contributed by atoms with Gasteiger partial charge in [0.25, 0.3) is 0 Å². The van der Waals surface area contributed by atoms with E-state index in [0.29, 0.717) is 11.9 Å². The highest BCUT2D eigenvalue weighted by atomic mass is 15.2. The van der Waals surface area contributed by atoms with E-state index >= 15 is 0 Å². The minimum atomic E-state index is 0.550. The zero-order valence-corrected chi connectivity index (χ0v) is 14.0. The second-order valence-corrected chi connectivity index (χ2v) is 6.40. The summed E-state index contributed by atoms with van der Waals surface area (Å²) in [5.41, 5.74) is 3.55. The highest BCUT2D eigenvalue weighted by Crippen LogP contribution is 2.26. The molecule has 4 rings (SSSR count). The average molecular weight is 331 g/mol. The molecule has 1 aliphatic heterocycles. The van der Waals surface area contributed by atoms with Crippen LogP contribution in [0.25, 0.3) is 0 Å². The Morgan fingerprint density at radius 3 is 2.36 bits per heavy atom. The van der Waals surface area contributed by atoms with Gasteiger partial charge in [0.1, 0.15) is 0 Å². The fourth-order valence-electron chi connectivity index (χ4n) is 3.07. The topological polar surface area (TPSA) is 53.9 Å². The highest BCUT2D eigenvalue weighted by Gasteiger charge is 2.28. The molecule has 0 bridgehead atoms. The van der Waals surface area contributed by atoms with Gasteiger partial charge < -0.3 is 5.32 Å². The summed E-state index contributed by atoms with van der Waals surface area (Å²) in [6, 6.07) is 16.4. The van der Waals surface area contributed by atoms with Crippen LogP contribution in [0, 0.1) is 0 Å². The predicted molar refractivity (Wildman–Crippen MR) is 98.1 cm³/mol. The predicted octanol–water partition coefficient (Wildman–Crippen LogP) is 3.08. The van der Waals surface area contributed by atoms with E-state index in [-0.39, 0.29) is 0 Å². The minimum absolute atomic E-state index is 0.550. The van der Waals surface area contributed by atoms with Crippen LogP contribution in [0.2, 0.25) is 0 Å². The molecule has 0 atom stereocenters. The van der Waals surface area contributed by atoms with Crippen molar-refractivity contribution in [1.82, 2.24) is 19.9 Å². The smallest absolute Gasteiger partial charge is 0.222 e. The van der Waals surface area contributed by atoms with Crippen LogP contribution >= 0.6 is 0 Å². The zero-order chi connectivity index (χ0) is 16.9. The molecule has 0 saturated carbocycles. The third-order valence-electron chi connectivity index (χ3n) is 4.47. The number of anilines is 1. The van der Waals surface area contributed by atoms with Crippen molar-refractivity contribution in [3.05, 3.63) is 83.9 Å². The molecule has 0 radical (unpaired) electrons. The van der Waals surface area contributed by atoms with Gasteiger partial charge in [-0.2, -0.15) is 0 Å².